The quantitative estimate of drug-likeness (QED) is 0.228. The normalized spacial score (nSPS) is 18.6. The third-order valence-electron chi connectivity index (χ3n) is 3.52. The predicted molar refractivity (Wildman–Crippen MR) is 136 cm³/mol. The summed E-state index contributed by atoms with van der Waals surface area (Å²) in [4.78, 5) is 10.8. The Morgan fingerprint density at radius 1 is 0.531 bits per heavy atom. The molecule has 1 aliphatic heterocycles. The highest BCUT2D eigenvalue weighted by atomic mass is 16.8. The summed E-state index contributed by atoms with van der Waals surface area (Å²) in [6.07, 6.45) is 47.3. The van der Waals surface area contributed by atoms with Crippen LogP contribution in [0.25, 0.3) is 0 Å². The molecule has 0 radical (unpaired) electrons. The second-order valence-corrected chi connectivity index (χ2v) is 6.07. The fourth-order valence-corrected chi connectivity index (χ4v) is 2.05. The van der Waals surface area contributed by atoms with Gasteiger partial charge in [0.05, 0.1) is 0 Å². The highest BCUT2D eigenvalue weighted by Gasteiger charge is 2.21. The number of allylic oxidation sites excluding steroid dienone is 24. The van der Waals surface area contributed by atoms with Crippen molar-refractivity contribution in [1.29, 1.82) is 0 Å². The fourth-order valence-electron chi connectivity index (χ4n) is 2.05. The van der Waals surface area contributed by atoms with Crippen molar-refractivity contribution in [2.24, 2.45) is 0 Å². The summed E-state index contributed by atoms with van der Waals surface area (Å²) in [6.45, 7) is 3.88. The van der Waals surface area contributed by atoms with Gasteiger partial charge in [-0.1, -0.05) is 152 Å². The van der Waals surface area contributed by atoms with Gasteiger partial charge in [0, 0.05) is 0 Å². The van der Waals surface area contributed by atoms with E-state index in [1.165, 1.54) is 0 Å². The maximum Gasteiger partial charge on any atom is 0.509 e. The first-order chi connectivity index (χ1) is 15.8. The zero-order valence-corrected chi connectivity index (χ0v) is 18.2. The summed E-state index contributed by atoms with van der Waals surface area (Å²) >= 11 is 0. The van der Waals surface area contributed by atoms with Crippen LogP contribution in [0.3, 0.4) is 0 Å². The summed E-state index contributed by atoms with van der Waals surface area (Å²) in [5, 5.41) is 0. The van der Waals surface area contributed by atoms with E-state index in [1.54, 1.807) is 12.2 Å². The number of carbonyl (C=O) groups excluding carboxylic acids is 1. The molecule has 1 aliphatic rings. The van der Waals surface area contributed by atoms with Crippen LogP contribution in [0.15, 0.2) is 158 Å². The second-order valence-electron chi connectivity index (χ2n) is 6.07. The monoisotopic (exact) mass is 426 g/mol. The number of rotatable bonds is 13. The molecule has 1 atom stereocenters. The maximum absolute atomic E-state index is 10.8. The van der Waals surface area contributed by atoms with Crippen molar-refractivity contribution in [2.45, 2.75) is 6.10 Å². The first-order valence-corrected chi connectivity index (χ1v) is 10.3. The van der Waals surface area contributed by atoms with Gasteiger partial charge >= 0.3 is 6.16 Å². The largest absolute Gasteiger partial charge is 0.509 e. The lowest BCUT2D eigenvalue weighted by atomic mass is 10.3. The lowest BCUT2D eigenvalue weighted by Crippen LogP contribution is -2.04. The van der Waals surface area contributed by atoms with E-state index in [1.807, 2.05) is 140 Å². The Morgan fingerprint density at radius 2 is 0.844 bits per heavy atom. The molecule has 32 heavy (non-hydrogen) atoms. The Bertz CT molecular complexity index is 895. The summed E-state index contributed by atoms with van der Waals surface area (Å²) in [6, 6.07) is 0. The number of cyclic esters (lactones) is 2. The molecule has 1 unspecified atom stereocenters. The second kappa shape index (κ2) is 20.2. The molecule has 3 heteroatoms. The van der Waals surface area contributed by atoms with Crippen LogP contribution in [0.5, 0.6) is 0 Å². The minimum atomic E-state index is -0.612. The molecule has 1 rings (SSSR count). The first kappa shape index (κ1) is 25.9. The summed E-state index contributed by atoms with van der Waals surface area (Å²) < 4.78 is 9.56. The van der Waals surface area contributed by atoms with Crippen molar-refractivity contribution in [1.82, 2.24) is 0 Å². The lowest BCUT2D eigenvalue weighted by Gasteiger charge is -1.94. The van der Waals surface area contributed by atoms with Crippen LogP contribution in [0.4, 0.5) is 4.79 Å². The predicted octanol–water partition coefficient (Wildman–Crippen LogP) is 7.38. The van der Waals surface area contributed by atoms with Crippen LogP contribution in [0, 0.1) is 0 Å². The molecule has 0 saturated carbocycles. The van der Waals surface area contributed by atoms with Crippen molar-refractivity contribution < 1.29 is 14.3 Å². The molecular formula is C29H30O3. The lowest BCUT2D eigenvalue weighted by molar-refractivity contribution is 0.125. The topological polar surface area (TPSA) is 35.5 Å². The van der Waals surface area contributed by atoms with Crippen LogP contribution in [-0.2, 0) is 9.47 Å². The Hall–Kier alpha value is -4.11. The Balaban J connectivity index is 2.13. The molecule has 0 aliphatic carbocycles. The third-order valence-corrected chi connectivity index (χ3v) is 3.52. The number of hydrogen-bond acceptors (Lipinski definition) is 3. The van der Waals surface area contributed by atoms with E-state index < -0.39 is 6.16 Å². The zero-order chi connectivity index (χ0) is 23.0. The van der Waals surface area contributed by atoms with Gasteiger partial charge in [0.15, 0.2) is 6.10 Å². The Labute approximate surface area is 191 Å². The Morgan fingerprint density at radius 3 is 1.12 bits per heavy atom. The number of carbonyl (C=O) groups is 1. The molecule has 0 aromatic rings. The minimum Gasteiger partial charge on any atom is -0.430 e. The van der Waals surface area contributed by atoms with Gasteiger partial charge in [-0.25, -0.2) is 4.79 Å². The van der Waals surface area contributed by atoms with Crippen molar-refractivity contribution >= 4 is 6.16 Å². The summed E-state index contributed by atoms with van der Waals surface area (Å²) in [7, 11) is 0. The molecule has 3 nitrogen and oxygen atoms in total. The first-order valence-electron chi connectivity index (χ1n) is 10.3. The minimum absolute atomic E-state index is 0.276. The number of hydrogen-bond donors (Lipinski definition) is 0. The molecule has 0 aromatic carbocycles. The summed E-state index contributed by atoms with van der Waals surface area (Å²) in [5.74, 6) is 0. The van der Waals surface area contributed by atoms with E-state index in [0.29, 0.717) is 0 Å². The molecule has 0 aromatic heterocycles. The highest BCUT2D eigenvalue weighted by molar-refractivity contribution is 5.62. The molecule has 0 bridgehead atoms. The molecule has 1 saturated heterocycles. The summed E-state index contributed by atoms with van der Waals surface area (Å²) in [5.41, 5.74) is 0. The van der Waals surface area contributed by atoms with Crippen molar-refractivity contribution in [2.75, 3.05) is 6.61 Å². The van der Waals surface area contributed by atoms with Crippen LogP contribution in [-0.4, -0.2) is 18.9 Å². The van der Waals surface area contributed by atoms with Gasteiger partial charge in [0.2, 0.25) is 0 Å². The molecule has 1 fully saturated rings. The van der Waals surface area contributed by atoms with E-state index >= 15 is 0 Å². The van der Waals surface area contributed by atoms with Crippen molar-refractivity contribution in [3.8, 4) is 0 Å². The standard InChI is InChI=1S/C29H30O3/c1-2-3-4-5-6-7-8-9-10-11-12-13-14-15-16-17-18-19-20-21-22-23-24-25-26-28-27-31-29(30)32-28/h2-26,28H,1,27H2/b4-3?,6-5?,8-7?,10-9+,12-11?,14-13?,16-15?,18-17+,20-19?,22-21?,24-23?,26-25+. The number of ether oxygens (including phenoxy) is 2. The van der Waals surface area contributed by atoms with Gasteiger partial charge < -0.3 is 9.47 Å². The smallest absolute Gasteiger partial charge is 0.430 e. The average Bonchev–Trinajstić information content (AvgIpc) is 3.21. The van der Waals surface area contributed by atoms with Gasteiger partial charge in [0.25, 0.3) is 0 Å². The van der Waals surface area contributed by atoms with Gasteiger partial charge in [-0.05, 0) is 6.08 Å². The third kappa shape index (κ3) is 16.8. The SMILES string of the molecule is C=CC=CC=CC=C/C=C/C=CC=CC=C/C=C/C=CC=CC=C/C=C/C1COC(=O)O1. The molecule has 0 N–H and O–H groups in total. The van der Waals surface area contributed by atoms with E-state index in [0.717, 1.165) is 0 Å². The van der Waals surface area contributed by atoms with Gasteiger partial charge in [0.1, 0.15) is 6.61 Å². The molecule has 1 heterocycles. The Kier molecular flexibility index (Phi) is 16.3. The molecule has 0 amide bonds. The van der Waals surface area contributed by atoms with Crippen LogP contribution in [0.1, 0.15) is 0 Å². The van der Waals surface area contributed by atoms with Crippen LogP contribution >= 0.6 is 0 Å². The molecular weight excluding hydrogens is 396 g/mol. The van der Waals surface area contributed by atoms with Crippen LogP contribution in [0.2, 0.25) is 0 Å². The van der Waals surface area contributed by atoms with Gasteiger partial charge in [-0.15, -0.1) is 0 Å². The fraction of sp³-hybridized carbons (Fsp3) is 0.0690. The van der Waals surface area contributed by atoms with E-state index in [4.69, 9.17) is 4.74 Å². The van der Waals surface area contributed by atoms with Crippen molar-refractivity contribution in [3.05, 3.63) is 158 Å². The van der Waals surface area contributed by atoms with E-state index in [2.05, 4.69) is 11.3 Å². The molecule has 0 spiro atoms. The van der Waals surface area contributed by atoms with Gasteiger partial charge in [-0.2, -0.15) is 0 Å². The highest BCUT2D eigenvalue weighted by Crippen LogP contribution is 2.06. The van der Waals surface area contributed by atoms with Gasteiger partial charge in [-0.3, -0.25) is 0 Å². The van der Waals surface area contributed by atoms with Crippen LogP contribution < -0.4 is 0 Å². The van der Waals surface area contributed by atoms with E-state index in [-0.39, 0.29) is 12.7 Å². The zero-order valence-electron chi connectivity index (χ0n) is 18.2. The van der Waals surface area contributed by atoms with E-state index in [9.17, 15) is 4.79 Å². The average molecular weight is 427 g/mol. The molecule has 164 valence electrons. The van der Waals surface area contributed by atoms with Crippen molar-refractivity contribution in [3.63, 3.8) is 0 Å². The maximum atomic E-state index is 10.8.